The number of H-pyrrole nitrogens is 1. The first-order chi connectivity index (χ1) is 12.2. The maximum absolute atomic E-state index is 12.5. The summed E-state index contributed by atoms with van der Waals surface area (Å²) in [4.78, 5) is 24.2. The average Bonchev–Trinajstić information content (AvgIpc) is 3.33. The molecule has 25 heavy (non-hydrogen) atoms. The number of nitrogens with one attached hydrogen (secondary N) is 2. The standard InChI is InChI=1S/C18H21N5OS/c1-13(16-11-25-12-20-16)21-18(24)23-9-7-22(8-10-23)17-4-2-3-15-14(17)5-6-19-15/h2-6,11-13,19H,7-10H2,1H3,(H,21,24). The van der Waals surface area contributed by atoms with Crippen LogP contribution >= 0.6 is 11.3 Å². The molecule has 0 spiro atoms. The smallest absolute Gasteiger partial charge is 0.318 e. The van der Waals surface area contributed by atoms with Gasteiger partial charge in [0.15, 0.2) is 0 Å². The Balaban J connectivity index is 1.38. The summed E-state index contributed by atoms with van der Waals surface area (Å²) in [6.07, 6.45) is 1.97. The van der Waals surface area contributed by atoms with E-state index in [0.29, 0.717) is 0 Å². The van der Waals surface area contributed by atoms with Gasteiger partial charge in [-0.05, 0) is 25.1 Å². The number of aromatic amines is 1. The fourth-order valence-corrected chi connectivity index (χ4v) is 3.93. The van der Waals surface area contributed by atoms with Crippen molar-refractivity contribution in [3.8, 4) is 0 Å². The number of piperazine rings is 1. The number of hydrogen-bond donors (Lipinski definition) is 2. The minimum absolute atomic E-state index is 0.0139. The highest BCUT2D eigenvalue weighted by molar-refractivity contribution is 7.07. The summed E-state index contributed by atoms with van der Waals surface area (Å²) >= 11 is 1.54. The summed E-state index contributed by atoms with van der Waals surface area (Å²) in [5.74, 6) is 0. The molecule has 6 nitrogen and oxygen atoms in total. The zero-order valence-corrected chi connectivity index (χ0v) is 14.9. The maximum atomic E-state index is 12.5. The number of rotatable bonds is 3. The van der Waals surface area contributed by atoms with Gasteiger partial charge in [0.1, 0.15) is 0 Å². The van der Waals surface area contributed by atoms with E-state index in [4.69, 9.17) is 0 Å². The van der Waals surface area contributed by atoms with Gasteiger partial charge < -0.3 is 20.1 Å². The highest BCUT2D eigenvalue weighted by atomic mass is 32.1. The molecule has 1 saturated heterocycles. The first kappa shape index (κ1) is 16.0. The lowest BCUT2D eigenvalue weighted by atomic mass is 10.2. The van der Waals surface area contributed by atoms with Crippen LogP contribution in [0.15, 0.2) is 41.4 Å². The van der Waals surface area contributed by atoms with Gasteiger partial charge in [0.05, 0.1) is 17.2 Å². The molecule has 0 saturated carbocycles. The lowest BCUT2D eigenvalue weighted by Gasteiger charge is -2.36. The molecule has 1 fully saturated rings. The molecule has 7 heteroatoms. The van der Waals surface area contributed by atoms with Crippen LogP contribution in [0.3, 0.4) is 0 Å². The second kappa shape index (κ2) is 6.76. The van der Waals surface area contributed by atoms with Crippen LogP contribution in [0.25, 0.3) is 10.9 Å². The second-order valence-electron chi connectivity index (χ2n) is 6.27. The second-order valence-corrected chi connectivity index (χ2v) is 6.99. The van der Waals surface area contributed by atoms with Crippen LogP contribution in [0.4, 0.5) is 10.5 Å². The van der Waals surface area contributed by atoms with E-state index < -0.39 is 0 Å². The number of benzene rings is 1. The third kappa shape index (κ3) is 3.19. The average molecular weight is 355 g/mol. The third-order valence-electron chi connectivity index (χ3n) is 4.71. The number of carbonyl (C=O) groups is 1. The molecule has 2 N–H and O–H groups in total. The van der Waals surface area contributed by atoms with Gasteiger partial charge in [-0.1, -0.05) is 6.07 Å². The Bertz CT molecular complexity index is 851. The molecule has 1 unspecified atom stereocenters. The van der Waals surface area contributed by atoms with Gasteiger partial charge >= 0.3 is 6.03 Å². The van der Waals surface area contributed by atoms with Gasteiger partial charge in [-0.25, -0.2) is 9.78 Å². The van der Waals surface area contributed by atoms with E-state index in [2.05, 4.69) is 44.5 Å². The molecule has 2 aromatic heterocycles. The van der Waals surface area contributed by atoms with Crippen molar-refractivity contribution in [2.75, 3.05) is 31.1 Å². The molecule has 1 aliphatic heterocycles. The van der Waals surface area contributed by atoms with Gasteiger partial charge in [0.2, 0.25) is 0 Å². The van der Waals surface area contributed by atoms with E-state index in [1.807, 2.05) is 23.4 Å². The van der Waals surface area contributed by atoms with Crippen molar-refractivity contribution < 1.29 is 4.79 Å². The van der Waals surface area contributed by atoms with E-state index >= 15 is 0 Å². The molecule has 130 valence electrons. The summed E-state index contributed by atoms with van der Waals surface area (Å²) in [6, 6.07) is 8.34. The largest absolute Gasteiger partial charge is 0.367 e. The Labute approximate surface area is 150 Å². The monoisotopic (exact) mass is 355 g/mol. The molecule has 4 rings (SSSR count). The van der Waals surface area contributed by atoms with Crippen LogP contribution in [-0.2, 0) is 0 Å². The van der Waals surface area contributed by atoms with Crippen molar-refractivity contribution >= 4 is 34.0 Å². The van der Waals surface area contributed by atoms with Crippen molar-refractivity contribution in [2.45, 2.75) is 13.0 Å². The Morgan fingerprint density at radius 3 is 2.88 bits per heavy atom. The predicted molar refractivity (Wildman–Crippen MR) is 101 cm³/mol. The lowest BCUT2D eigenvalue weighted by Crippen LogP contribution is -2.52. The van der Waals surface area contributed by atoms with Crippen molar-refractivity contribution in [3.63, 3.8) is 0 Å². The van der Waals surface area contributed by atoms with Crippen molar-refractivity contribution in [1.29, 1.82) is 0 Å². The number of fused-ring (bicyclic) bond motifs is 1. The predicted octanol–water partition coefficient (Wildman–Crippen LogP) is 3.22. The van der Waals surface area contributed by atoms with Crippen molar-refractivity contribution in [1.82, 2.24) is 20.2 Å². The molecule has 0 aliphatic carbocycles. The number of hydrogen-bond acceptors (Lipinski definition) is 4. The fraction of sp³-hybridized carbons (Fsp3) is 0.333. The normalized spacial score (nSPS) is 16.2. The van der Waals surface area contributed by atoms with Crippen LogP contribution < -0.4 is 10.2 Å². The maximum Gasteiger partial charge on any atom is 0.318 e. The molecule has 1 aromatic carbocycles. The van der Waals surface area contributed by atoms with Crippen LogP contribution in [0.5, 0.6) is 0 Å². The zero-order valence-electron chi connectivity index (χ0n) is 14.1. The molecule has 1 atom stereocenters. The van der Waals surface area contributed by atoms with Crippen LogP contribution in [0.2, 0.25) is 0 Å². The summed E-state index contributed by atoms with van der Waals surface area (Å²) in [6.45, 7) is 5.08. The summed E-state index contributed by atoms with van der Waals surface area (Å²) in [5, 5.41) is 6.25. The molecule has 2 amide bonds. The number of aromatic nitrogens is 2. The van der Waals surface area contributed by atoms with Crippen molar-refractivity contribution in [2.24, 2.45) is 0 Å². The number of amides is 2. The lowest BCUT2D eigenvalue weighted by molar-refractivity contribution is 0.191. The third-order valence-corrected chi connectivity index (χ3v) is 5.32. The summed E-state index contributed by atoms with van der Waals surface area (Å²) in [5.41, 5.74) is 5.08. The summed E-state index contributed by atoms with van der Waals surface area (Å²) in [7, 11) is 0. The Hall–Kier alpha value is -2.54. The molecule has 3 heterocycles. The van der Waals surface area contributed by atoms with Crippen LogP contribution in [0, 0.1) is 0 Å². The van der Waals surface area contributed by atoms with E-state index in [1.54, 1.807) is 16.8 Å². The number of thiazole rings is 1. The van der Waals surface area contributed by atoms with E-state index in [1.165, 1.54) is 11.1 Å². The first-order valence-electron chi connectivity index (χ1n) is 8.47. The Morgan fingerprint density at radius 1 is 1.28 bits per heavy atom. The number of carbonyl (C=O) groups excluding carboxylic acids is 1. The quantitative estimate of drug-likeness (QED) is 0.758. The van der Waals surface area contributed by atoms with E-state index in [-0.39, 0.29) is 12.1 Å². The molecular weight excluding hydrogens is 334 g/mol. The molecule has 0 radical (unpaired) electrons. The number of nitrogens with zero attached hydrogens (tertiary/aromatic N) is 3. The number of urea groups is 1. The summed E-state index contributed by atoms with van der Waals surface area (Å²) < 4.78 is 0. The minimum atomic E-state index is -0.0645. The molecular formula is C18H21N5OS. The molecule has 0 bridgehead atoms. The van der Waals surface area contributed by atoms with Gasteiger partial charge in [0, 0.05) is 54.3 Å². The topological polar surface area (TPSA) is 64.3 Å². The van der Waals surface area contributed by atoms with E-state index in [0.717, 1.165) is 37.4 Å². The molecule has 3 aromatic rings. The van der Waals surface area contributed by atoms with E-state index in [9.17, 15) is 4.79 Å². The zero-order chi connectivity index (χ0) is 17.2. The van der Waals surface area contributed by atoms with Gasteiger partial charge in [-0.2, -0.15) is 0 Å². The minimum Gasteiger partial charge on any atom is -0.367 e. The van der Waals surface area contributed by atoms with Gasteiger partial charge in [-0.3, -0.25) is 0 Å². The highest BCUT2D eigenvalue weighted by Gasteiger charge is 2.23. The fourth-order valence-electron chi connectivity index (χ4n) is 3.28. The van der Waals surface area contributed by atoms with Gasteiger partial charge in [0.25, 0.3) is 0 Å². The van der Waals surface area contributed by atoms with Crippen molar-refractivity contribution in [3.05, 3.63) is 47.0 Å². The Morgan fingerprint density at radius 2 is 2.12 bits per heavy atom. The highest BCUT2D eigenvalue weighted by Crippen LogP contribution is 2.27. The molecule has 1 aliphatic rings. The first-order valence-corrected chi connectivity index (χ1v) is 9.41. The van der Waals surface area contributed by atoms with Crippen LogP contribution in [-0.4, -0.2) is 47.1 Å². The number of anilines is 1. The van der Waals surface area contributed by atoms with Gasteiger partial charge in [-0.15, -0.1) is 11.3 Å². The SMILES string of the molecule is CC(NC(=O)N1CCN(c2cccc3[nH]ccc23)CC1)c1cscn1. The van der Waals surface area contributed by atoms with Crippen LogP contribution in [0.1, 0.15) is 18.7 Å². The Kier molecular flexibility index (Phi) is 4.31.